The van der Waals surface area contributed by atoms with E-state index in [1.165, 1.54) is 11.1 Å². The van der Waals surface area contributed by atoms with Crippen LogP contribution in [0.1, 0.15) is 5.69 Å². The van der Waals surface area contributed by atoms with Gasteiger partial charge in [-0.3, -0.25) is 0 Å². The van der Waals surface area contributed by atoms with Gasteiger partial charge in [0.15, 0.2) is 0 Å². The molecule has 0 fully saturated rings. The second kappa shape index (κ2) is 2.16. The van der Waals surface area contributed by atoms with Crippen molar-refractivity contribution in [2.45, 2.75) is 6.92 Å². The van der Waals surface area contributed by atoms with Gasteiger partial charge in [-0.05, 0) is 25.1 Å². The van der Waals surface area contributed by atoms with Crippen LogP contribution in [0.3, 0.4) is 0 Å². The van der Waals surface area contributed by atoms with Crippen LogP contribution in [-0.2, 0) is 0 Å². The van der Waals surface area contributed by atoms with Gasteiger partial charge in [0.05, 0.1) is 6.26 Å². The zero-order valence-electron chi connectivity index (χ0n) is 7.29. The normalized spacial score (nSPS) is 11.5. The number of hydrogen-bond donors (Lipinski definition) is 1. The van der Waals surface area contributed by atoms with Crippen LogP contribution in [-0.4, -0.2) is 4.98 Å². The molecule has 0 unspecified atom stereocenters. The Bertz CT molecular complexity index is 526. The minimum Gasteiger partial charge on any atom is -0.464 e. The second-order valence-electron chi connectivity index (χ2n) is 3.35. The van der Waals surface area contributed by atoms with Gasteiger partial charge >= 0.3 is 0 Å². The smallest absolute Gasteiger partial charge is 0.135 e. The minimum absolute atomic E-state index is 0.939. The van der Waals surface area contributed by atoms with Gasteiger partial charge in [-0.1, -0.05) is 0 Å². The Balaban J connectivity index is 2.54. The molecule has 0 saturated heterocycles. The highest BCUT2D eigenvalue weighted by Crippen LogP contribution is 2.23. The molecule has 0 bridgehead atoms. The predicted octanol–water partition coefficient (Wildman–Crippen LogP) is 3.22. The third-order valence-corrected chi connectivity index (χ3v) is 2.33. The number of nitrogens with one attached hydrogen (secondary N) is 1. The van der Waals surface area contributed by atoms with E-state index in [1.54, 1.807) is 6.26 Å². The van der Waals surface area contributed by atoms with Crippen LogP contribution >= 0.6 is 0 Å². The summed E-state index contributed by atoms with van der Waals surface area (Å²) in [5.74, 6) is 0. The van der Waals surface area contributed by atoms with Gasteiger partial charge in [0.2, 0.25) is 0 Å². The molecule has 2 aromatic heterocycles. The average Bonchev–Trinajstić information content (AvgIpc) is 2.63. The third kappa shape index (κ3) is 0.886. The maximum Gasteiger partial charge on any atom is 0.135 e. The summed E-state index contributed by atoms with van der Waals surface area (Å²) in [4.78, 5) is 3.28. The van der Waals surface area contributed by atoms with Crippen LogP contribution in [0.5, 0.6) is 0 Å². The molecule has 64 valence electrons. The molecule has 0 spiro atoms. The van der Waals surface area contributed by atoms with E-state index >= 15 is 0 Å². The fourth-order valence-corrected chi connectivity index (χ4v) is 1.74. The highest BCUT2D eigenvalue weighted by Gasteiger charge is 2.01. The quantitative estimate of drug-likeness (QED) is 0.552. The third-order valence-electron chi connectivity index (χ3n) is 2.33. The lowest BCUT2D eigenvalue weighted by molar-refractivity contribution is 0.616. The lowest BCUT2D eigenvalue weighted by Gasteiger charge is -1.89. The van der Waals surface area contributed by atoms with Crippen molar-refractivity contribution in [3.63, 3.8) is 0 Å². The number of hydrogen-bond acceptors (Lipinski definition) is 1. The Hall–Kier alpha value is -1.70. The summed E-state index contributed by atoms with van der Waals surface area (Å²) in [5.41, 5.74) is 3.26. The average molecular weight is 171 g/mol. The summed E-state index contributed by atoms with van der Waals surface area (Å²) in [7, 11) is 0. The number of fused-ring (bicyclic) bond motifs is 2. The van der Waals surface area contributed by atoms with E-state index in [1.807, 2.05) is 12.1 Å². The first kappa shape index (κ1) is 6.78. The van der Waals surface area contributed by atoms with Gasteiger partial charge in [0, 0.05) is 28.0 Å². The molecule has 0 aliphatic carbocycles. The van der Waals surface area contributed by atoms with Crippen molar-refractivity contribution >= 4 is 21.9 Å². The molecule has 13 heavy (non-hydrogen) atoms. The largest absolute Gasteiger partial charge is 0.464 e. The number of aryl methyl sites for hydroxylation is 1. The van der Waals surface area contributed by atoms with E-state index in [0.29, 0.717) is 0 Å². The molecule has 0 amide bonds. The van der Waals surface area contributed by atoms with Crippen molar-refractivity contribution in [1.29, 1.82) is 0 Å². The van der Waals surface area contributed by atoms with Crippen LogP contribution in [0.15, 0.2) is 34.9 Å². The van der Waals surface area contributed by atoms with Crippen molar-refractivity contribution in [2.75, 3.05) is 0 Å². The second-order valence-corrected chi connectivity index (χ2v) is 3.35. The number of benzene rings is 1. The van der Waals surface area contributed by atoms with E-state index in [9.17, 15) is 0 Å². The molecule has 3 aromatic rings. The Labute approximate surface area is 75.2 Å². The molecule has 1 aromatic carbocycles. The minimum atomic E-state index is 0.939. The van der Waals surface area contributed by atoms with Crippen LogP contribution in [0.4, 0.5) is 0 Å². The lowest BCUT2D eigenvalue weighted by atomic mass is 10.2. The van der Waals surface area contributed by atoms with Crippen molar-refractivity contribution in [1.82, 2.24) is 4.98 Å². The zero-order valence-corrected chi connectivity index (χ0v) is 7.29. The molecule has 0 aliphatic rings. The molecule has 0 aliphatic heterocycles. The molecule has 2 heteroatoms. The molecule has 0 atom stereocenters. The van der Waals surface area contributed by atoms with Crippen molar-refractivity contribution < 1.29 is 4.42 Å². The van der Waals surface area contributed by atoms with E-state index in [2.05, 4.69) is 24.0 Å². The molecular formula is C11H9NO. The first-order chi connectivity index (χ1) is 6.33. The summed E-state index contributed by atoms with van der Waals surface area (Å²) in [6, 6.07) is 8.30. The number of rotatable bonds is 0. The van der Waals surface area contributed by atoms with Gasteiger partial charge in [-0.25, -0.2) is 0 Å². The Morgan fingerprint density at radius 3 is 3.00 bits per heavy atom. The van der Waals surface area contributed by atoms with Crippen molar-refractivity contribution in [3.8, 4) is 0 Å². The highest BCUT2D eigenvalue weighted by atomic mass is 16.3. The molecule has 2 nitrogen and oxygen atoms in total. The SMILES string of the molecule is Cc1cc2cc3ccoc3cc2[nH]1. The maximum absolute atomic E-state index is 5.32. The van der Waals surface area contributed by atoms with E-state index < -0.39 is 0 Å². The predicted molar refractivity (Wildman–Crippen MR) is 52.8 cm³/mol. The monoisotopic (exact) mass is 171 g/mol. The Kier molecular flexibility index (Phi) is 1.13. The fraction of sp³-hybridized carbons (Fsp3) is 0.0909. The molecule has 2 heterocycles. The first-order valence-corrected chi connectivity index (χ1v) is 4.29. The molecule has 0 saturated carbocycles. The standard InChI is InChI=1S/C11H9NO/c1-7-4-9-5-8-2-3-13-11(8)6-10(9)12-7/h2-6,12H,1H3. The Morgan fingerprint density at radius 2 is 2.08 bits per heavy atom. The molecule has 3 rings (SSSR count). The van der Waals surface area contributed by atoms with E-state index in [4.69, 9.17) is 4.42 Å². The summed E-state index contributed by atoms with van der Waals surface area (Å²) in [6.07, 6.45) is 1.72. The van der Waals surface area contributed by atoms with Gasteiger partial charge in [0.25, 0.3) is 0 Å². The first-order valence-electron chi connectivity index (χ1n) is 4.29. The summed E-state index contributed by atoms with van der Waals surface area (Å²) >= 11 is 0. The summed E-state index contributed by atoms with van der Waals surface area (Å²) < 4.78 is 5.32. The number of furan rings is 1. The molecule has 0 radical (unpaired) electrons. The lowest BCUT2D eigenvalue weighted by Crippen LogP contribution is -1.68. The Morgan fingerprint density at radius 1 is 1.15 bits per heavy atom. The van der Waals surface area contributed by atoms with Crippen LogP contribution in [0.2, 0.25) is 0 Å². The summed E-state index contributed by atoms with van der Waals surface area (Å²) in [5, 5.41) is 2.40. The van der Waals surface area contributed by atoms with E-state index in [-0.39, 0.29) is 0 Å². The number of aromatic nitrogens is 1. The number of H-pyrrole nitrogens is 1. The fourth-order valence-electron chi connectivity index (χ4n) is 1.74. The van der Waals surface area contributed by atoms with Crippen molar-refractivity contribution in [2.24, 2.45) is 0 Å². The zero-order chi connectivity index (χ0) is 8.84. The van der Waals surface area contributed by atoms with Gasteiger partial charge in [0.1, 0.15) is 5.58 Å². The van der Waals surface area contributed by atoms with Gasteiger partial charge in [-0.15, -0.1) is 0 Å². The van der Waals surface area contributed by atoms with Gasteiger partial charge in [-0.2, -0.15) is 0 Å². The maximum atomic E-state index is 5.32. The topological polar surface area (TPSA) is 28.9 Å². The van der Waals surface area contributed by atoms with Crippen molar-refractivity contribution in [3.05, 3.63) is 36.2 Å². The van der Waals surface area contributed by atoms with Crippen LogP contribution in [0.25, 0.3) is 21.9 Å². The summed E-state index contributed by atoms with van der Waals surface area (Å²) in [6.45, 7) is 2.06. The molecule has 1 N–H and O–H groups in total. The van der Waals surface area contributed by atoms with Gasteiger partial charge < -0.3 is 9.40 Å². The van der Waals surface area contributed by atoms with E-state index in [0.717, 1.165) is 16.5 Å². The molecular weight excluding hydrogens is 162 g/mol. The highest BCUT2D eigenvalue weighted by molar-refractivity contribution is 5.94. The van der Waals surface area contributed by atoms with Crippen LogP contribution in [0, 0.1) is 6.92 Å². The number of aromatic amines is 1. The van der Waals surface area contributed by atoms with Crippen LogP contribution < -0.4 is 0 Å².